The third-order valence-corrected chi connectivity index (χ3v) is 2.65. The van der Waals surface area contributed by atoms with Gasteiger partial charge in [0.05, 0.1) is 0 Å². The lowest BCUT2D eigenvalue weighted by Gasteiger charge is -2.15. The molecule has 0 amide bonds. The molecule has 1 aromatic carbocycles. The standard InChI is InChI=1S/C13H17N3/c1-9(2)16-12(6-7-13(16)15)10-4-3-5-11(14)8-10/h3-9H,14-15H2,1-2H3. The fraction of sp³-hybridized carbons (Fsp3) is 0.231. The van der Waals surface area contributed by atoms with Crippen LogP contribution in [-0.2, 0) is 0 Å². The van der Waals surface area contributed by atoms with E-state index in [1.54, 1.807) is 0 Å². The van der Waals surface area contributed by atoms with Gasteiger partial charge in [-0.15, -0.1) is 0 Å². The number of benzene rings is 1. The molecule has 2 aromatic rings. The lowest BCUT2D eigenvalue weighted by molar-refractivity contribution is 0.618. The summed E-state index contributed by atoms with van der Waals surface area (Å²) in [6, 6.07) is 12.2. The molecule has 3 nitrogen and oxygen atoms in total. The molecule has 0 bridgehead atoms. The van der Waals surface area contributed by atoms with Gasteiger partial charge < -0.3 is 16.0 Å². The van der Waals surface area contributed by atoms with E-state index in [1.165, 1.54) is 0 Å². The zero-order valence-electron chi connectivity index (χ0n) is 9.64. The lowest BCUT2D eigenvalue weighted by atomic mass is 10.1. The maximum Gasteiger partial charge on any atom is 0.103 e. The van der Waals surface area contributed by atoms with Crippen LogP contribution in [0.5, 0.6) is 0 Å². The number of nitrogen functional groups attached to an aromatic ring is 2. The molecule has 3 heteroatoms. The molecule has 0 atom stereocenters. The molecule has 0 aliphatic rings. The van der Waals surface area contributed by atoms with E-state index < -0.39 is 0 Å². The molecule has 0 saturated carbocycles. The van der Waals surface area contributed by atoms with Crippen LogP contribution in [0.25, 0.3) is 11.3 Å². The van der Waals surface area contributed by atoms with E-state index in [2.05, 4.69) is 18.4 Å². The second-order valence-electron chi connectivity index (χ2n) is 4.23. The minimum atomic E-state index is 0.339. The maximum atomic E-state index is 5.95. The molecule has 0 aliphatic carbocycles. The van der Waals surface area contributed by atoms with Crippen molar-refractivity contribution in [3.63, 3.8) is 0 Å². The average molecular weight is 215 g/mol. The predicted octanol–water partition coefficient (Wildman–Crippen LogP) is 2.90. The molecule has 4 N–H and O–H groups in total. The molecule has 0 spiro atoms. The van der Waals surface area contributed by atoms with Crippen molar-refractivity contribution in [1.29, 1.82) is 0 Å². The number of nitrogens with zero attached hydrogens (tertiary/aromatic N) is 1. The maximum absolute atomic E-state index is 5.95. The molecular weight excluding hydrogens is 198 g/mol. The lowest BCUT2D eigenvalue weighted by Crippen LogP contribution is -2.06. The van der Waals surface area contributed by atoms with Crippen LogP contribution in [0.1, 0.15) is 19.9 Å². The summed E-state index contributed by atoms with van der Waals surface area (Å²) in [5, 5.41) is 0. The van der Waals surface area contributed by atoms with Crippen molar-refractivity contribution < 1.29 is 0 Å². The quantitative estimate of drug-likeness (QED) is 0.757. The monoisotopic (exact) mass is 215 g/mol. The molecule has 84 valence electrons. The molecule has 0 fully saturated rings. The van der Waals surface area contributed by atoms with Crippen LogP contribution in [0.4, 0.5) is 11.5 Å². The Balaban J connectivity index is 2.56. The summed E-state index contributed by atoms with van der Waals surface area (Å²) in [6.07, 6.45) is 0. The summed E-state index contributed by atoms with van der Waals surface area (Å²) in [5.74, 6) is 0.785. The first kappa shape index (κ1) is 10.6. The summed E-state index contributed by atoms with van der Waals surface area (Å²) in [5.41, 5.74) is 14.7. The Labute approximate surface area is 95.7 Å². The van der Waals surface area contributed by atoms with Crippen LogP contribution in [0.2, 0.25) is 0 Å². The highest BCUT2D eigenvalue weighted by molar-refractivity contribution is 5.67. The molecule has 0 aliphatic heterocycles. The summed E-state index contributed by atoms with van der Waals surface area (Å²) in [7, 11) is 0. The van der Waals surface area contributed by atoms with Gasteiger partial charge in [0.2, 0.25) is 0 Å². The third-order valence-electron chi connectivity index (χ3n) is 2.65. The van der Waals surface area contributed by atoms with E-state index >= 15 is 0 Å². The van der Waals surface area contributed by atoms with Gasteiger partial charge in [0.25, 0.3) is 0 Å². The summed E-state index contributed by atoms with van der Waals surface area (Å²) >= 11 is 0. The van der Waals surface area contributed by atoms with Crippen LogP contribution in [0.3, 0.4) is 0 Å². The molecule has 1 aromatic heterocycles. The van der Waals surface area contributed by atoms with Crippen LogP contribution in [0, 0.1) is 0 Å². The van der Waals surface area contributed by atoms with Gasteiger partial charge in [-0.1, -0.05) is 12.1 Å². The molecule has 16 heavy (non-hydrogen) atoms. The number of nitrogens with two attached hydrogens (primary N) is 2. The van der Waals surface area contributed by atoms with Gasteiger partial charge in [-0.25, -0.2) is 0 Å². The SMILES string of the molecule is CC(C)n1c(N)ccc1-c1cccc(N)c1. The van der Waals surface area contributed by atoms with E-state index in [1.807, 2.05) is 36.4 Å². The Kier molecular flexibility index (Phi) is 2.60. The topological polar surface area (TPSA) is 57.0 Å². The highest BCUT2D eigenvalue weighted by atomic mass is 15.1. The normalized spacial score (nSPS) is 10.9. The number of rotatable bonds is 2. The van der Waals surface area contributed by atoms with Crippen LogP contribution >= 0.6 is 0 Å². The van der Waals surface area contributed by atoms with E-state index in [0.717, 1.165) is 22.8 Å². The van der Waals surface area contributed by atoms with Crippen molar-refractivity contribution in [2.75, 3.05) is 11.5 Å². The van der Waals surface area contributed by atoms with Crippen molar-refractivity contribution in [1.82, 2.24) is 4.57 Å². The second-order valence-corrected chi connectivity index (χ2v) is 4.23. The largest absolute Gasteiger partial charge is 0.399 e. The Morgan fingerprint density at radius 3 is 2.44 bits per heavy atom. The molecule has 1 heterocycles. The van der Waals surface area contributed by atoms with Gasteiger partial charge in [-0.2, -0.15) is 0 Å². The van der Waals surface area contributed by atoms with Gasteiger partial charge in [0, 0.05) is 23.0 Å². The molecule has 0 saturated heterocycles. The van der Waals surface area contributed by atoms with E-state index in [4.69, 9.17) is 11.5 Å². The number of hydrogen-bond donors (Lipinski definition) is 2. The minimum absolute atomic E-state index is 0.339. The zero-order valence-corrected chi connectivity index (χ0v) is 9.64. The molecule has 0 unspecified atom stereocenters. The summed E-state index contributed by atoms with van der Waals surface area (Å²) < 4.78 is 2.11. The number of aromatic nitrogens is 1. The first-order valence-electron chi connectivity index (χ1n) is 5.42. The fourth-order valence-corrected chi connectivity index (χ4v) is 1.97. The second kappa shape index (κ2) is 3.93. The third kappa shape index (κ3) is 1.76. The van der Waals surface area contributed by atoms with Crippen LogP contribution in [0.15, 0.2) is 36.4 Å². The van der Waals surface area contributed by atoms with Gasteiger partial charge in [0.1, 0.15) is 5.82 Å². The molecular formula is C13H17N3. The molecule has 0 radical (unpaired) electrons. The Morgan fingerprint density at radius 2 is 1.81 bits per heavy atom. The predicted molar refractivity (Wildman–Crippen MR) is 69.1 cm³/mol. The smallest absolute Gasteiger partial charge is 0.103 e. The Hall–Kier alpha value is -1.90. The fourth-order valence-electron chi connectivity index (χ4n) is 1.97. The number of hydrogen-bond acceptors (Lipinski definition) is 2. The van der Waals surface area contributed by atoms with Crippen LogP contribution in [-0.4, -0.2) is 4.57 Å². The highest BCUT2D eigenvalue weighted by Gasteiger charge is 2.10. The van der Waals surface area contributed by atoms with Crippen molar-refractivity contribution >= 4 is 11.5 Å². The highest BCUT2D eigenvalue weighted by Crippen LogP contribution is 2.28. The Morgan fingerprint density at radius 1 is 1.06 bits per heavy atom. The van der Waals surface area contributed by atoms with Crippen molar-refractivity contribution in [2.24, 2.45) is 0 Å². The summed E-state index contributed by atoms with van der Waals surface area (Å²) in [4.78, 5) is 0. The first-order chi connectivity index (χ1) is 7.59. The van der Waals surface area contributed by atoms with Crippen molar-refractivity contribution in [3.8, 4) is 11.3 Å². The van der Waals surface area contributed by atoms with E-state index in [0.29, 0.717) is 6.04 Å². The van der Waals surface area contributed by atoms with Gasteiger partial charge in [-0.3, -0.25) is 0 Å². The van der Waals surface area contributed by atoms with E-state index in [-0.39, 0.29) is 0 Å². The average Bonchev–Trinajstić information content (AvgIpc) is 2.60. The molecule has 2 rings (SSSR count). The van der Waals surface area contributed by atoms with Crippen LogP contribution < -0.4 is 11.5 Å². The minimum Gasteiger partial charge on any atom is -0.399 e. The Bertz CT molecular complexity index is 498. The van der Waals surface area contributed by atoms with Crippen molar-refractivity contribution in [3.05, 3.63) is 36.4 Å². The first-order valence-corrected chi connectivity index (χ1v) is 5.42. The number of anilines is 2. The van der Waals surface area contributed by atoms with Gasteiger partial charge >= 0.3 is 0 Å². The summed E-state index contributed by atoms with van der Waals surface area (Å²) in [6.45, 7) is 4.23. The van der Waals surface area contributed by atoms with Gasteiger partial charge in [0.15, 0.2) is 0 Å². The van der Waals surface area contributed by atoms with E-state index in [9.17, 15) is 0 Å². The zero-order chi connectivity index (χ0) is 11.7. The van der Waals surface area contributed by atoms with Gasteiger partial charge in [-0.05, 0) is 38.1 Å². The van der Waals surface area contributed by atoms with Crippen molar-refractivity contribution in [2.45, 2.75) is 19.9 Å².